The highest BCUT2D eigenvalue weighted by molar-refractivity contribution is 7.15. The molecule has 4 heteroatoms. The average molecular weight is 335 g/mol. The number of nitrogens with two attached hydrogens (primary N) is 1. The normalized spacial score (nSPS) is 18.2. The van der Waals surface area contributed by atoms with Crippen LogP contribution in [-0.4, -0.2) is 18.0 Å². The Morgan fingerprint density at radius 3 is 2.42 bits per heavy atom. The van der Waals surface area contributed by atoms with Crippen molar-refractivity contribution in [2.75, 3.05) is 12.3 Å². The summed E-state index contributed by atoms with van der Waals surface area (Å²) in [5.41, 5.74) is 10.1. The fraction of sp³-hybridized carbons (Fsp3) is 0.150. The number of aliphatic hydroxyl groups excluding tert-OH is 1. The molecule has 0 radical (unpaired) electrons. The van der Waals surface area contributed by atoms with Gasteiger partial charge in [-0.05, 0) is 65.1 Å². The van der Waals surface area contributed by atoms with E-state index in [2.05, 4.69) is 25.1 Å². The van der Waals surface area contributed by atoms with Crippen LogP contribution < -0.4 is 5.73 Å². The SMILES string of the molecule is Cc1ccc(-c2ccc3c(c2)C(C=O)(CO)c2cc(N)ccc2-3)s1. The molecule has 1 aliphatic rings. The second kappa shape index (κ2) is 5.30. The Kier molecular flexibility index (Phi) is 3.34. The third-order valence-corrected chi connectivity index (χ3v) is 5.84. The third kappa shape index (κ3) is 1.97. The van der Waals surface area contributed by atoms with Gasteiger partial charge in [0, 0.05) is 15.4 Å². The summed E-state index contributed by atoms with van der Waals surface area (Å²) in [6.45, 7) is 1.80. The predicted molar refractivity (Wildman–Crippen MR) is 98.3 cm³/mol. The zero-order chi connectivity index (χ0) is 16.9. The van der Waals surface area contributed by atoms with Gasteiger partial charge in [0.1, 0.15) is 6.29 Å². The highest BCUT2D eigenvalue weighted by Gasteiger charge is 2.43. The number of hydrogen-bond acceptors (Lipinski definition) is 4. The average Bonchev–Trinajstić information content (AvgIpc) is 3.14. The quantitative estimate of drug-likeness (QED) is 0.566. The Morgan fingerprint density at radius 1 is 1.08 bits per heavy atom. The molecule has 1 aliphatic carbocycles. The van der Waals surface area contributed by atoms with Crippen LogP contribution in [0.15, 0.2) is 48.5 Å². The fourth-order valence-electron chi connectivity index (χ4n) is 3.54. The zero-order valence-electron chi connectivity index (χ0n) is 13.2. The number of anilines is 1. The van der Waals surface area contributed by atoms with Crippen molar-refractivity contribution in [1.29, 1.82) is 0 Å². The Balaban J connectivity index is 1.98. The monoisotopic (exact) mass is 335 g/mol. The molecule has 24 heavy (non-hydrogen) atoms. The molecule has 0 bridgehead atoms. The van der Waals surface area contributed by atoms with E-state index in [4.69, 9.17) is 5.73 Å². The number of carbonyl (C=O) groups excluding carboxylic acids is 1. The van der Waals surface area contributed by atoms with Crippen molar-refractivity contribution in [3.63, 3.8) is 0 Å². The van der Waals surface area contributed by atoms with Crippen LogP contribution >= 0.6 is 11.3 Å². The molecule has 2 aromatic carbocycles. The van der Waals surface area contributed by atoms with Gasteiger partial charge in [-0.1, -0.05) is 18.2 Å². The van der Waals surface area contributed by atoms with Gasteiger partial charge in [-0.15, -0.1) is 11.3 Å². The molecule has 0 saturated heterocycles. The minimum Gasteiger partial charge on any atom is -0.399 e. The first-order valence-electron chi connectivity index (χ1n) is 7.78. The minimum absolute atomic E-state index is 0.271. The minimum atomic E-state index is -1.04. The van der Waals surface area contributed by atoms with E-state index >= 15 is 0 Å². The summed E-state index contributed by atoms with van der Waals surface area (Å²) in [6.07, 6.45) is 0.848. The van der Waals surface area contributed by atoms with Gasteiger partial charge >= 0.3 is 0 Å². The first kappa shape index (κ1) is 15.1. The Labute approximate surface area is 144 Å². The van der Waals surface area contributed by atoms with E-state index in [1.807, 2.05) is 24.3 Å². The van der Waals surface area contributed by atoms with E-state index in [0.29, 0.717) is 5.69 Å². The number of hydrogen-bond donors (Lipinski definition) is 2. The molecule has 1 unspecified atom stereocenters. The van der Waals surface area contributed by atoms with Crippen molar-refractivity contribution in [2.45, 2.75) is 12.3 Å². The standard InChI is InChI=1S/C20H17NO2S/c1-12-2-7-19(24-12)13-3-5-15-16-6-4-14(21)9-18(16)20(10-22,11-23)17(15)8-13/h2-10,23H,11,21H2,1H3. The van der Waals surface area contributed by atoms with Crippen molar-refractivity contribution < 1.29 is 9.90 Å². The summed E-state index contributed by atoms with van der Waals surface area (Å²) in [4.78, 5) is 14.4. The number of aldehydes is 1. The second-order valence-electron chi connectivity index (χ2n) is 6.22. The largest absolute Gasteiger partial charge is 0.399 e. The third-order valence-electron chi connectivity index (χ3n) is 4.79. The van der Waals surface area contributed by atoms with Crippen LogP contribution in [0.4, 0.5) is 5.69 Å². The molecule has 3 nitrogen and oxygen atoms in total. The molecule has 3 N–H and O–H groups in total. The number of aliphatic hydroxyl groups is 1. The molecule has 4 rings (SSSR count). The van der Waals surface area contributed by atoms with Crippen molar-refractivity contribution in [3.8, 4) is 21.6 Å². The Bertz CT molecular complexity index is 960. The van der Waals surface area contributed by atoms with Crippen molar-refractivity contribution in [1.82, 2.24) is 0 Å². The number of benzene rings is 2. The highest BCUT2D eigenvalue weighted by Crippen LogP contribution is 2.49. The first-order chi connectivity index (χ1) is 11.6. The fourth-order valence-corrected chi connectivity index (χ4v) is 4.40. The van der Waals surface area contributed by atoms with Gasteiger partial charge in [0.05, 0.1) is 12.0 Å². The second-order valence-corrected chi connectivity index (χ2v) is 7.51. The van der Waals surface area contributed by atoms with Gasteiger partial charge in [0.2, 0.25) is 0 Å². The highest BCUT2D eigenvalue weighted by atomic mass is 32.1. The van der Waals surface area contributed by atoms with Gasteiger partial charge < -0.3 is 15.6 Å². The van der Waals surface area contributed by atoms with Crippen molar-refractivity contribution in [2.24, 2.45) is 0 Å². The maximum absolute atomic E-state index is 12.1. The lowest BCUT2D eigenvalue weighted by molar-refractivity contribution is -0.112. The number of aryl methyl sites for hydroxylation is 1. The smallest absolute Gasteiger partial charge is 0.137 e. The summed E-state index contributed by atoms with van der Waals surface area (Å²) in [6, 6.07) is 15.9. The van der Waals surface area contributed by atoms with Gasteiger partial charge in [0.15, 0.2) is 0 Å². The molecular formula is C20H17NO2S. The summed E-state index contributed by atoms with van der Waals surface area (Å²) >= 11 is 1.72. The number of fused-ring (bicyclic) bond motifs is 3. The predicted octanol–water partition coefficient (Wildman–Crippen LogP) is 3.76. The van der Waals surface area contributed by atoms with Gasteiger partial charge in [-0.3, -0.25) is 0 Å². The van der Waals surface area contributed by atoms with Gasteiger partial charge in [-0.25, -0.2) is 0 Å². The van der Waals surface area contributed by atoms with E-state index in [9.17, 15) is 9.90 Å². The summed E-state index contributed by atoms with van der Waals surface area (Å²) < 4.78 is 0. The topological polar surface area (TPSA) is 63.3 Å². The van der Waals surface area contributed by atoms with E-state index < -0.39 is 5.41 Å². The number of carbonyl (C=O) groups is 1. The molecule has 0 amide bonds. The van der Waals surface area contributed by atoms with Crippen LogP contribution in [-0.2, 0) is 10.2 Å². The molecule has 1 heterocycles. The van der Waals surface area contributed by atoms with E-state index in [0.717, 1.165) is 39.0 Å². The lowest BCUT2D eigenvalue weighted by atomic mass is 9.80. The Morgan fingerprint density at radius 2 is 1.79 bits per heavy atom. The van der Waals surface area contributed by atoms with Crippen LogP contribution in [0, 0.1) is 6.92 Å². The zero-order valence-corrected chi connectivity index (χ0v) is 14.1. The summed E-state index contributed by atoms with van der Waals surface area (Å²) in [5, 5.41) is 10.1. The Hall–Kier alpha value is -2.43. The molecule has 3 aromatic rings. The molecule has 0 saturated carbocycles. The lowest BCUT2D eigenvalue weighted by Crippen LogP contribution is -2.31. The summed E-state index contributed by atoms with van der Waals surface area (Å²) in [7, 11) is 0. The number of thiophene rings is 1. The number of rotatable bonds is 3. The maximum Gasteiger partial charge on any atom is 0.137 e. The van der Waals surface area contributed by atoms with Crippen LogP contribution in [0.2, 0.25) is 0 Å². The number of nitrogen functional groups attached to an aromatic ring is 1. The van der Waals surface area contributed by atoms with E-state index in [1.165, 1.54) is 4.88 Å². The van der Waals surface area contributed by atoms with Crippen molar-refractivity contribution in [3.05, 3.63) is 64.5 Å². The first-order valence-corrected chi connectivity index (χ1v) is 8.59. The van der Waals surface area contributed by atoms with Gasteiger partial charge in [-0.2, -0.15) is 0 Å². The van der Waals surface area contributed by atoms with Crippen LogP contribution in [0.5, 0.6) is 0 Å². The van der Waals surface area contributed by atoms with Crippen LogP contribution in [0.3, 0.4) is 0 Å². The van der Waals surface area contributed by atoms with E-state index in [1.54, 1.807) is 17.4 Å². The molecule has 0 aliphatic heterocycles. The molecule has 0 fully saturated rings. The maximum atomic E-state index is 12.1. The molecular weight excluding hydrogens is 318 g/mol. The molecule has 1 aromatic heterocycles. The summed E-state index contributed by atoms with van der Waals surface area (Å²) in [5.74, 6) is 0. The van der Waals surface area contributed by atoms with Crippen LogP contribution in [0.1, 0.15) is 16.0 Å². The molecule has 120 valence electrons. The van der Waals surface area contributed by atoms with Crippen LogP contribution in [0.25, 0.3) is 21.6 Å². The lowest BCUT2D eigenvalue weighted by Gasteiger charge is -2.23. The van der Waals surface area contributed by atoms with Gasteiger partial charge in [0.25, 0.3) is 0 Å². The molecule has 1 atom stereocenters. The van der Waals surface area contributed by atoms with E-state index in [-0.39, 0.29) is 6.61 Å². The van der Waals surface area contributed by atoms with Crippen molar-refractivity contribution >= 4 is 23.3 Å². The molecule has 0 spiro atoms.